The minimum atomic E-state index is -1.56. The molecule has 22 heavy (non-hydrogen) atoms. The van der Waals surface area contributed by atoms with Gasteiger partial charge in [-0.3, -0.25) is 4.79 Å². The number of hydrogen-bond acceptors (Lipinski definition) is 2. The van der Waals surface area contributed by atoms with E-state index in [1.54, 1.807) is 0 Å². The Morgan fingerprint density at radius 3 is 2.36 bits per heavy atom. The van der Waals surface area contributed by atoms with Gasteiger partial charge in [0.25, 0.3) is 0 Å². The van der Waals surface area contributed by atoms with Crippen LogP contribution in [0, 0.1) is 23.4 Å². The molecule has 1 fully saturated rings. The summed E-state index contributed by atoms with van der Waals surface area (Å²) in [5.74, 6) is -3.97. The predicted octanol–water partition coefficient (Wildman–Crippen LogP) is 3.22. The van der Waals surface area contributed by atoms with E-state index in [1.165, 1.54) is 12.8 Å². The lowest BCUT2D eigenvalue weighted by Gasteiger charge is -2.18. The SMILES string of the molecule is O=C(CCC1CCCC1)NC(CO)c1cc(F)c(F)c(F)c1. The van der Waals surface area contributed by atoms with Crippen LogP contribution >= 0.6 is 0 Å². The van der Waals surface area contributed by atoms with E-state index in [2.05, 4.69) is 5.32 Å². The Hall–Kier alpha value is -1.56. The third-order valence-corrected chi connectivity index (χ3v) is 4.18. The Labute approximate surface area is 127 Å². The van der Waals surface area contributed by atoms with Crippen LogP contribution in [0.4, 0.5) is 13.2 Å². The van der Waals surface area contributed by atoms with Crippen LogP contribution in [0.1, 0.15) is 50.1 Å². The Morgan fingerprint density at radius 2 is 1.82 bits per heavy atom. The zero-order valence-electron chi connectivity index (χ0n) is 12.2. The number of aliphatic hydroxyl groups is 1. The fourth-order valence-corrected chi connectivity index (χ4v) is 2.91. The minimum absolute atomic E-state index is 0.00752. The number of amides is 1. The van der Waals surface area contributed by atoms with Gasteiger partial charge in [0.05, 0.1) is 12.6 Å². The van der Waals surface area contributed by atoms with Crippen molar-refractivity contribution in [3.05, 3.63) is 35.1 Å². The van der Waals surface area contributed by atoms with E-state index in [1.807, 2.05) is 0 Å². The topological polar surface area (TPSA) is 49.3 Å². The average molecular weight is 315 g/mol. The summed E-state index contributed by atoms with van der Waals surface area (Å²) in [6.45, 7) is -0.514. The van der Waals surface area contributed by atoms with Crippen molar-refractivity contribution in [1.82, 2.24) is 5.32 Å². The van der Waals surface area contributed by atoms with Crippen molar-refractivity contribution >= 4 is 5.91 Å². The number of rotatable bonds is 6. The van der Waals surface area contributed by atoms with Gasteiger partial charge in [-0.25, -0.2) is 13.2 Å². The van der Waals surface area contributed by atoms with Gasteiger partial charge in [-0.2, -0.15) is 0 Å². The fourth-order valence-electron chi connectivity index (χ4n) is 2.91. The van der Waals surface area contributed by atoms with E-state index >= 15 is 0 Å². The Bertz CT molecular complexity index is 507. The largest absolute Gasteiger partial charge is 0.394 e. The van der Waals surface area contributed by atoms with Crippen molar-refractivity contribution in [3.63, 3.8) is 0 Å². The Kier molecular flexibility index (Phi) is 5.83. The molecule has 0 radical (unpaired) electrons. The van der Waals surface area contributed by atoms with Crippen LogP contribution < -0.4 is 5.32 Å². The number of aliphatic hydroxyl groups excluding tert-OH is 1. The molecule has 122 valence electrons. The molecule has 6 heteroatoms. The molecular formula is C16H20F3NO2. The van der Waals surface area contributed by atoms with Crippen LogP contribution in [0.5, 0.6) is 0 Å². The quantitative estimate of drug-likeness (QED) is 0.792. The minimum Gasteiger partial charge on any atom is -0.394 e. The molecule has 0 aliphatic heterocycles. The van der Waals surface area contributed by atoms with Crippen LogP contribution in [-0.2, 0) is 4.79 Å². The van der Waals surface area contributed by atoms with Crippen molar-refractivity contribution in [2.24, 2.45) is 5.92 Å². The van der Waals surface area contributed by atoms with Crippen molar-refractivity contribution in [2.75, 3.05) is 6.61 Å². The summed E-state index contributed by atoms with van der Waals surface area (Å²) >= 11 is 0. The van der Waals surface area contributed by atoms with Gasteiger partial charge in [-0.15, -0.1) is 0 Å². The first kappa shape index (κ1) is 16.8. The van der Waals surface area contributed by atoms with Crippen LogP contribution in [0.3, 0.4) is 0 Å². The van der Waals surface area contributed by atoms with Crippen molar-refractivity contribution < 1.29 is 23.1 Å². The van der Waals surface area contributed by atoms with Gasteiger partial charge in [-0.05, 0) is 30.0 Å². The summed E-state index contributed by atoms with van der Waals surface area (Å²) in [5, 5.41) is 11.8. The van der Waals surface area contributed by atoms with Gasteiger partial charge in [0.2, 0.25) is 5.91 Å². The standard InChI is InChI=1S/C16H20F3NO2/c17-12-7-11(8-13(18)16(12)19)14(9-21)20-15(22)6-5-10-3-1-2-4-10/h7-8,10,14,21H,1-6,9H2,(H,20,22). The molecule has 2 rings (SSSR count). The molecule has 1 aromatic carbocycles. The normalized spacial score (nSPS) is 16.7. The van der Waals surface area contributed by atoms with Crippen LogP contribution in [-0.4, -0.2) is 17.6 Å². The van der Waals surface area contributed by atoms with Crippen molar-refractivity contribution in [3.8, 4) is 0 Å². The van der Waals surface area contributed by atoms with Crippen LogP contribution in [0.25, 0.3) is 0 Å². The maximum Gasteiger partial charge on any atom is 0.220 e. The number of carbonyl (C=O) groups excluding carboxylic acids is 1. The predicted molar refractivity (Wildman–Crippen MR) is 75.5 cm³/mol. The molecule has 0 bridgehead atoms. The zero-order chi connectivity index (χ0) is 16.1. The lowest BCUT2D eigenvalue weighted by molar-refractivity contribution is -0.122. The highest BCUT2D eigenvalue weighted by Crippen LogP contribution is 2.28. The van der Waals surface area contributed by atoms with E-state index in [9.17, 15) is 23.1 Å². The molecule has 0 heterocycles. The lowest BCUT2D eigenvalue weighted by atomic mass is 10.0. The average Bonchev–Trinajstić information content (AvgIpc) is 3.01. The van der Waals surface area contributed by atoms with Gasteiger partial charge in [-0.1, -0.05) is 25.7 Å². The molecule has 1 unspecified atom stereocenters. The summed E-state index contributed by atoms with van der Waals surface area (Å²) in [5.41, 5.74) is 0.00752. The molecule has 1 aromatic rings. The molecule has 3 nitrogen and oxygen atoms in total. The summed E-state index contributed by atoms with van der Waals surface area (Å²) in [6.07, 6.45) is 5.74. The number of halogens is 3. The van der Waals surface area contributed by atoms with Gasteiger partial charge in [0.1, 0.15) is 0 Å². The molecule has 0 saturated heterocycles. The molecule has 1 aliphatic carbocycles. The van der Waals surface area contributed by atoms with E-state index < -0.39 is 30.1 Å². The summed E-state index contributed by atoms with van der Waals surface area (Å²) in [4.78, 5) is 11.9. The molecule has 0 aromatic heterocycles. The Balaban J connectivity index is 1.94. The molecule has 0 spiro atoms. The molecule has 1 saturated carbocycles. The molecule has 2 N–H and O–H groups in total. The first-order chi connectivity index (χ1) is 10.5. The van der Waals surface area contributed by atoms with Gasteiger partial charge < -0.3 is 10.4 Å². The van der Waals surface area contributed by atoms with Gasteiger partial charge >= 0.3 is 0 Å². The maximum absolute atomic E-state index is 13.2. The second-order valence-corrected chi connectivity index (χ2v) is 5.79. The number of nitrogens with one attached hydrogen (secondary N) is 1. The smallest absolute Gasteiger partial charge is 0.220 e. The maximum atomic E-state index is 13.2. The van der Waals surface area contributed by atoms with Crippen molar-refractivity contribution in [1.29, 1.82) is 0 Å². The van der Waals surface area contributed by atoms with Crippen LogP contribution in [0.2, 0.25) is 0 Å². The first-order valence-electron chi connectivity index (χ1n) is 7.56. The summed E-state index contributed by atoms with van der Waals surface area (Å²) < 4.78 is 39.4. The van der Waals surface area contributed by atoms with E-state index in [0.29, 0.717) is 12.3 Å². The number of hydrogen-bond donors (Lipinski definition) is 2. The first-order valence-corrected chi connectivity index (χ1v) is 7.56. The summed E-state index contributed by atoms with van der Waals surface area (Å²) in [7, 11) is 0. The van der Waals surface area contributed by atoms with Crippen molar-refractivity contribution in [2.45, 2.75) is 44.6 Å². The fraction of sp³-hybridized carbons (Fsp3) is 0.562. The van der Waals surface area contributed by atoms with Gasteiger partial charge in [0.15, 0.2) is 17.5 Å². The van der Waals surface area contributed by atoms with Gasteiger partial charge in [0, 0.05) is 6.42 Å². The highest BCUT2D eigenvalue weighted by Gasteiger charge is 2.20. The lowest BCUT2D eigenvalue weighted by Crippen LogP contribution is -2.31. The van der Waals surface area contributed by atoms with E-state index in [0.717, 1.165) is 31.4 Å². The molecular weight excluding hydrogens is 295 g/mol. The molecule has 1 amide bonds. The summed E-state index contributed by atoms with van der Waals surface area (Å²) in [6, 6.07) is 0.633. The highest BCUT2D eigenvalue weighted by atomic mass is 19.2. The Morgan fingerprint density at radius 1 is 1.23 bits per heavy atom. The second kappa shape index (κ2) is 7.63. The van der Waals surface area contributed by atoms with E-state index in [-0.39, 0.29) is 11.5 Å². The van der Waals surface area contributed by atoms with Crippen LogP contribution in [0.15, 0.2) is 12.1 Å². The third-order valence-electron chi connectivity index (χ3n) is 4.18. The second-order valence-electron chi connectivity index (χ2n) is 5.79. The monoisotopic (exact) mass is 315 g/mol. The highest BCUT2D eigenvalue weighted by molar-refractivity contribution is 5.76. The number of benzene rings is 1. The number of carbonyl (C=O) groups is 1. The third kappa shape index (κ3) is 4.22. The zero-order valence-corrected chi connectivity index (χ0v) is 12.2. The van der Waals surface area contributed by atoms with E-state index in [4.69, 9.17) is 0 Å². The molecule has 1 atom stereocenters. The molecule has 1 aliphatic rings.